The Hall–Kier alpha value is -3.07. The van der Waals surface area contributed by atoms with Crippen molar-refractivity contribution in [1.82, 2.24) is 9.13 Å². The number of rotatable bonds is 2. The third-order valence-electron chi connectivity index (χ3n) is 4.62. The maximum Gasteiger partial charge on any atom is 0.332 e. The number of hydrogen-bond acceptors (Lipinski definition) is 4. The molecule has 2 heterocycles. The standard InChI is InChI=1S/C19H20N4O2/c1-21-17(16(13-20)18(24)22(2)19(21)25)23-10-8-15(9-11-23)12-14-6-4-3-5-7-14/h3-7,12H,8-11H2,1-2H3. The summed E-state index contributed by atoms with van der Waals surface area (Å²) >= 11 is 0. The number of nitriles is 1. The summed E-state index contributed by atoms with van der Waals surface area (Å²) in [4.78, 5) is 26.4. The molecule has 0 unspecified atom stereocenters. The lowest BCUT2D eigenvalue weighted by Gasteiger charge is -2.32. The van der Waals surface area contributed by atoms with Crippen molar-refractivity contribution < 1.29 is 0 Å². The predicted octanol–water partition coefficient (Wildman–Crippen LogP) is 1.64. The first-order valence-electron chi connectivity index (χ1n) is 8.22. The summed E-state index contributed by atoms with van der Waals surface area (Å²) in [7, 11) is 3.00. The van der Waals surface area contributed by atoms with Gasteiger partial charge in [0.1, 0.15) is 11.9 Å². The quantitative estimate of drug-likeness (QED) is 0.836. The molecule has 0 bridgehead atoms. The van der Waals surface area contributed by atoms with E-state index in [1.54, 1.807) is 7.05 Å². The highest BCUT2D eigenvalue weighted by Crippen LogP contribution is 2.24. The van der Waals surface area contributed by atoms with Crippen LogP contribution in [0.15, 0.2) is 45.5 Å². The maximum absolute atomic E-state index is 12.2. The van der Waals surface area contributed by atoms with Crippen molar-refractivity contribution in [1.29, 1.82) is 5.26 Å². The first kappa shape index (κ1) is 16.8. The summed E-state index contributed by atoms with van der Waals surface area (Å²) in [5, 5.41) is 9.40. The second-order valence-corrected chi connectivity index (χ2v) is 6.22. The van der Waals surface area contributed by atoms with Crippen LogP contribution < -0.4 is 16.1 Å². The molecule has 0 radical (unpaired) electrons. The molecular weight excluding hydrogens is 316 g/mol. The lowest BCUT2D eigenvalue weighted by atomic mass is 10.0. The van der Waals surface area contributed by atoms with Crippen molar-refractivity contribution in [3.8, 4) is 6.07 Å². The van der Waals surface area contributed by atoms with E-state index in [9.17, 15) is 14.9 Å². The third-order valence-corrected chi connectivity index (χ3v) is 4.62. The van der Waals surface area contributed by atoms with Gasteiger partial charge in [-0.1, -0.05) is 42.0 Å². The summed E-state index contributed by atoms with van der Waals surface area (Å²) in [5.41, 5.74) is 1.58. The van der Waals surface area contributed by atoms with Gasteiger partial charge < -0.3 is 4.90 Å². The van der Waals surface area contributed by atoms with Crippen LogP contribution in [0, 0.1) is 11.3 Å². The summed E-state index contributed by atoms with van der Waals surface area (Å²) < 4.78 is 2.37. The van der Waals surface area contributed by atoms with Gasteiger partial charge in [-0.2, -0.15) is 5.26 Å². The second-order valence-electron chi connectivity index (χ2n) is 6.22. The van der Waals surface area contributed by atoms with Crippen LogP contribution in [0.1, 0.15) is 24.0 Å². The minimum atomic E-state index is -0.536. The van der Waals surface area contributed by atoms with Gasteiger partial charge in [-0.3, -0.25) is 13.9 Å². The van der Waals surface area contributed by atoms with Crippen molar-refractivity contribution in [2.45, 2.75) is 12.8 Å². The second kappa shape index (κ2) is 6.81. The zero-order chi connectivity index (χ0) is 18.0. The molecule has 1 fully saturated rings. The molecule has 0 amide bonds. The summed E-state index contributed by atoms with van der Waals surface area (Å²) in [5.74, 6) is 0.425. The Morgan fingerprint density at radius 2 is 1.68 bits per heavy atom. The number of anilines is 1. The Kier molecular flexibility index (Phi) is 4.57. The lowest BCUT2D eigenvalue weighted by Crippen LogP contribution is -2.44. The molecule has 128 valence electrons. The number of piperidine rings is 1. The number of aromatic nitrogens is 2. The minimum absolute atomic E-state index is 0.0279. The van der Waals surface area contributed by atoms with Crippen LogP contribution in [-0.4, -0.2) is 22.2 Å². The van der Waals surface area contributed by atoms with Crippen LogP contribution in [0.4, 0.5) is 5.82 Å². The smallest absolute Gasteiger partial charge is 0.332 e. The molecule has 0 saturated carbocycles. The Bertz CT molecular complexity index is 967. The van der Waals surface area contributed by atoms with Gasteiger partial charge in [0.05, 0.1) is 0 Å². The molecule has 0 aliphatic carbocycles. The van der Waals surface area contributed by atoms with Gasteiger partial charge in [0, 0.05) is 27.2 Å². The van der Waals surface area contributed by atoms with E-state index in [-0.39, 0.29) is 5.56 Å². The zero-order valence-electron chi connectivity index (χ0n) is 14.4. The Morgan fingerprint density at radius 3 is 2.28 bits per heavy atom. The molecule has 6 nitrogen and oxygen atoms in total. The molecule has 1 aliphatic heterocycles. The third kappa shape index (κ3) is 3.13. The normalized spacial score (nSPS) is 14.3. The van der Waals surface area contributed by atoms with Crippen LogP contribution in [0.25, 0.3) is 6.08 Å². The zero-order valence-corrected chi connectivity index (χ0v) is 14.4. The number of nitrogens with zero attached hydrogens (tertiary/aromatic N) is 4. The van der Waals surface area contributed by atoms with Crippen molar-refractivity contribution in [2.75, 3.05) is 18.0 Å². The molecule has 0 spiro atoms. The summed E-state index contributed by atoms with van der Waals surface area (Å²) in [6.45, 7) is 1.35. The van der Waals surface area contributed by atoms with Crippen LogP contribution in [0.3, 0.4) is 0 Å². The van der Waals surface area contributed by atoms with Crippen LogP contribution in [-0.2, 0) is 14.1 Å². The predicted molar refractivity (Wildman–Crippen MR) is 97.5 cm³/mol. The molecule has 0 N–H and O–H groups in total. The highest BCUT2D eigenvalue weighted by molar-refractivity contribution is 5.57. The Balaban J connectivity index is 1.90. The van der Waals surface area contributed by atoms with Gasteiger partial charge in [0.25, 0.3) is 5.56 Å². The molecular formula is C19H20N4O2. The van der Waals surface area contributed by atoms with Gasteiger partial charge in [-0.05, 0) is 18.4 Å². The van der Waals surface area contributed by atoms with Crippen LogP contribution >= 0.6 is 0 Å². The molecule has 6 heteroatoms. The highest BCUT2D eigenvalue weighted by Gasteiger charge is 2.23. The molecule has 3 rings (SSSR count). The van der Waals surface area contributed by atoms with Gasteiger partial charge in [-0.15, -0.1) is 0 Å². The van der Waals surface area contributed by atoms with E-state index in [1.807, 2.05) is 29.2 Å². The van der Waals surface area contributed by atoms with Crippen molar-refractivity contribution in [3.05, 3.63) is 67.9 Å². The van der Waals surface area contributed by atoms with E-state index < -0.39 is 11.2 Å². The monoisotopic (exact) mass is 336 g/mol. The van der Waals surface area contributed by atoms with E-state index >= 15 is 0 Å². The molecule has 0 atom stereocenters. The summed E-state index contributed by atoms with van der Waals surface area (Å²) in [6.07, 6.45) is 3.86. The molecule has 1 saturated heterocycles. The van der Waals surface area contributed by atoms with E-state index in [2.05, 4.69) is 18.2 Å². The summed E-state index contributed by atoms with van der Waals surface area (Å²) in [6, 6.07) is 12.1. The Labute approximate surface area is 145 Å². The van der Waals surface area contributed by atoms with Crippen molar-refractivity contribution >= 4 is 11.9 Å². The van der Waals surface area contributed by atoms with E-state index in [0.717, 1.165) is 17.4 Å². The molecule has 1 aromatic carbocycles. The Morgan fingerprint density at radius 1 is 1.04 bits per heavy atom. The van der Waals surface area contributed by atoms with Gasteiger partial charge in [0.15, 0.2) is 5.56 Å². The van der Waals surface area contributed by atoms with Gasteiger partial charge >= 0.3 is 5.69 Å². The van der Waals surface area contributed by atoms with E-state index in [1.165, 1.54) is 22.8 Å². The number of benzene rings is 1. The molecule has 1 aliphatic rings. The topological polar surface area (TPSA) is 71.0 Å². The van der Waals surface area contributed by atoms with Crippen molar-refractivity contribution in [3.63, 3.8) is 0 Å². The highest BCUT2D eigenvalue weighted by atomic mass is 16.2. The molecule has 2 aromatic rings. The van der Waals surface area contributed by atoms with Crippen molar-refractivity contribution in [2.24, 2.45) is 14.1 Å². The molecule has 1 aromatic heterocycles. The fraction of sp³-hybridized carbons (Fsp3) is 0.316. The van der Waals surface area contributed by atoms with Gasteiger partial charge in [0.2, 0.25) is 0 Å². The van der Waals surface area contributed by atoms with E-state index in [0.29, 0.717) is 18.9 Å². The fourth-order valence-electron chi connectivity index (χ4n) is 3.24. The van der Waals surface area contributed by atoms with Crippen LogP contribution in [0.2, 0.25) is 0 Å². The average molecular weight is 336 g/mol. The first-order chi connectivity index (χ1) is 12.0. The average Bonchev–Trinajstić information content (AvgIpc) is 2.64. The maximum atomic E-state index is 12.2. The van der Waals surface area contributed by atoms with E-state index in [4.69, 9.17) is 0 Å². The first-order valence-corrected chi connectivity index (χ1v) is 8.22. The molecule has 25 heavy (non-hydrogen) atoms. The SMILES string of the molecule is Cn1c(N2CCC(=Cc3ccccc3)CC2)c(C#N)c(=O)n(C)c1=O. The lowest BCUT2D eigenvalue weighted by molar-refractivity contribution is 0.623. The van der Waals surface area contributed by atoms with Crippen LogP contribution in [0.5, 0.6) is 0 Å². The number of hydrogen-bond donors (Lipinski definition) is 0. The minimum Gasteiger partial charge on any atom is -0.356 e. The fourth-order valence-corrected chi connectivity index (χ4v) is 3.24. The van der Waals surface area contributed by atoms with Gasteiger partial charge in [-0.25, -0.2) is 4.79 Å². The largest absolute Gasteiger partial charge is 0.356 e.